The van der Waals surface area contributed by atoms with Gasteiger partial charge in [-0.2, -0.15) is 0 Å². The van der Waals surface area contributed by atoms with Gasteiger partial charge in [0.1, 0.15) is 79.1 Å². The number of anilines is 4. The van der Waals surface area contributed by atoms with Gasteiger partial charge in [0.15, 0.2) is 10.3 Å². The summed E-state index contributed by atoms with van der Waals surface area (Å²) in [4.78, 5) is 137. The molecule has 0 unspecified atom stereocenters. The van der Waals surface area contributed by atoms with Gasteiger partial charge in [0, 0.05) is 115 Å². The summed E-state index contributed by atoms with van der Waals surface area (Å²) in [7, 11) is -5.98. The number of methoxy groups -OCH3 is 2. The van der Waals surface area contributed by atoms with Crippen molar-refractivity contribution in [2.24, 2.45) is 11.8 Å². The number of aromatic nitrogens is 4. The van der Waals surface area contributed by atoms with E-state index >= 15 is 0 Å². The fourth-order valence-corrected chi connectivity index (χ4v) is 19.4. The first kappa shape index (κ1) is 97.7. The molecule has 6 heterocycles. The SMILES string of the molecule is C=C[C@@H]1C[C@]1(NC(=O)[C@@H]1C[C@@H](Oc2cc(-c3csc(NC(C)C)n3)nc3cc(OC)ccc23)CN1)C(=O)NS(=O)(=O)c1ccccc1NC(=O)CCCCCCCCC(=O)O.C=C[C@@H]1C[C@]1(NC(=O)[C@@H]1C[C@@H](Oc2cc(-c3csc(NC(C)C)n3)nc3cc(OC)ccc23)CN1C(=O)OC(C)(C)C)C(=O)NS(=O)(=O)c1ccccc1NC(=O)CCCCCCCCC(=O)O. The predicted octanol–water partition coefficient (Wildman–Crippen LogP) is 13.7. The van der Waals surface area contributed by atoms with Gasteiger partial charge in [-0.25, -0.2) is 51.0 Å². The maximum Gasteiger partial charge on any atom is 0.411 e. The maximum absolute atomic E-state index is 14.5. The Kier molecular flexibility index (Phi) is 33.0. The third-order valence-corrected chi connectivity index (χ3v) is 26.4. The number of likely N-dealkylation sites (tertiary alicyclic amines) is 1. The number of carbonyl (C=O) groups excluding carboxylic acids is 7. The van der Waals surface area contributed by atoms with Crippen LogP contribution in [-0.2, 0) is 63.1 Å². The van der Waals surface area contributed by atoms with Crippen molar-refractivity contribution in [3.8, 4) is 45.8 Å². The second-order valence-corrected chi connectivity index (χ2v) is 39.0. The molecule has 4 aromatic carbocycles. The Bertz CT molecular complexity index is 5680. The molecule has 4 aliphatic rings. The molecule has 4 fully saturated rings. The Balaban J connectivity index is 0.000000251. The van der Waals surface area contributed by atoms with Crippen LogP contribution in [0.2, 0.25) is 0 Å². The van der Waals surface area contributed by atoms with Crippen LogP contribution in [0.25, 0.3) is 44.6 Å². The van der Waals surface area contributed by atoms with Crippen LogP contribution >= 0.6 is 22.7 Å². The Morgan fingerprint density at radius 2 is 0.969 bits per heavy atom. The number of carboxylic acid groups (broad SMARTS) is 2. The second-order valence-electron chi connectivity index (χ2n) is 34.0. The number of fused-ring (bicyclic) bond motifs is 2. The monoisotopic (exact) mass is 1850 g/mol. The lowest BCUT2D eigenvalue weighted by Gasteiger charge is -2.29. The molecular weight excluding hydrogens is 1740 g/mol. The van der Waals surface area contributed by atoms with Crippen molar-refractivity contribution < 1.29 is 93.9 Å². The molecule has 38 heteroatoms. The normalized spacial score (nSPS) is 19.3. The number of pyridine rings is 2. The van der Waals surface area contributed by atoms with Crippen molar-refractivity contribution in [2.45, 2.75) is 240 Å². The second kappa shape index (κ2) is 43.5. The molecule has 129 heavy (non-hydrogen) atoms. The van der Waals surface area contributed by atoms with Gasteiger partial charge in [0.05, 0.1) is 60.6 Å². The van der Waals surface area contributed by atoms with Crippen LogP contribution in [0.5, 0.6) is 23.0 Å². The summed E-state index contributed by atoms with van der Waals surface area (Å²) >= 11 is 2.91. The number of nitrogens with zero attached hydrogens (tertiary/aromatic N) is 5. The summed E-state index contributed by atoms with van der Waals surface area (Å²) in [6.45, 7) is 21.0. The summed E-state index contributed by atoms with van der Waals surface area (Å²) in [5, 5.41) is 44.9. The fraction of sp³-hybridized carbons (Fsp3) is 0.462. The predicted molar refractivity (Wildman–Crippen MR) is 491 cm³/mol. The number of carboxylic acids is 2. The Morgan fingerprint density at radius 1 is 0.550 bits per heavy atom. The van der Waals surface area contributed by atoms with Crippen LogP contribution in [0.3, 0.4) is 0 Å². The molecule has 4 aromatic heterocycles. The number of amides is 7. The third-order valence-electron chi connectivity index (χ3n) is 22.0. The number of ether oxygens (including phenoxy) is 5. The number of sulfonamides is 2. The lowest BCUT2D eigenvalue weighted by molar-refractivity contribution is -0.138. The summed E-state index contributed by atoms with van der Waals surface area (Å²) in [5.74, 6) is -4.60. The van der Waals surface area contributed by atoms with Crippen LogP contribution in [-0.4, -0.2) is 186 Å². The smallest absolute Gasteiger partial charge is 0.411 e. The number of hydrogen-bond acceptors (Lipinski definition) is 27. The van der Waals surface area contributed by atoms with Crippen LogP contribution in [0.1, 0.15) is 177 Å². The van der Waals surface area contributed by atoms with Gasteiger partial charge >= 0.3 is 18.0 Å². The largest absolute Gasteiger partial charge is 0.497 e. The van der Waals surface area contributed by atoms with Gasteiger partial charge in [-0.15, -0.1) is 35.8 Å². The number of carbonyl (C=O) groups is 9. The number of unbranched alkanes of at least 4 members (excludes halogenated alkanes) is 10. The first-order valence-corrected chi connectivity index (χ1v) is 47.9. The minimum atomic E-state index is -4.61. The van der Waals surface area contributed by atoms with Crippen LogP contribution < -0.4 is 65.6 Å². The average Bonchev–Trinajstić information content (AvgIpc) is 1.57. The molecule has 8 atom stereocenters. The van der Waals surface area contributed by atoms with Crippen molar-refractivity contribution in [3.63, 3.8) is 0 Å². The zero-order valence-corrected chi connectivity index (χ0v) is 77.0. The molecule has 2 saturated heterocycles. The number of hydrogen-bond donors (Lipinski definition) is 11. The highest BCUT2D eigenvalue weighted by atomic mass is 32.2. The fourth-order valence-electron chi connectivity index (χ4n) is 15.3. The van der Waals surface area contributed by atoms with Crippen LogP contribution in [0, 0.1) is 11.8 Å². The van der Waals surface area contributed by atoms with Gasteiger partial charge in [0.25, 0.3) is 31.9 Å². The molecule has 692 valence electrons. The molecule has 7 amide bonds. The van der Waals surface area contributed by atoms with Crippen molar-refractivity contribution in [1.29, 1.82) is 0 Å². The molecule has 34 nitrogen and oxygen atoms in total. The van der Waals surface area contributed by atoms with E-state index in [1.165, 1.54) is 76.1 Å². The molecule has 0 spiro atoms. The summed E-state index contributed by atoms with van der Waals surface area (Å²) in [5.41, 5.74) is -0.600. The number of para-hydroxylation sites is 2. The molecule has 11 N–H and O–H groups in total. The zero-order valence-electron chi connectivity index (χ0n) is 73.7. The summed E-state index contributed by atoms with van der Waals surface area (Å²) < 4.78 is 89.3. The van der Waals surface area contributed by atoms with E-state index in [0.717, 1.165) is 67.0 Å². The molecule has 12 rings (SSSR count). The Morgan fingerprint density at radius 3 is 1.38 bits per heavy atom. The number of benzene rings is 4. The van der Waals surface area contributed by atoms with E-state index in [0.29, 0.717) is 94.4 Å². The van der Waals surface area contributed by atoms with Crippen molar-refractivity contribution in [1.82, 2.24) is 50.2 Å². The summed E-state index contributed by atoms with van der Waals surface area (Å²) in [6.07, 6.45) is 10.8. The van der Waals surface area contributed by atoms with Gasteiger partial charge in [-0.1, -0.05) is 87.8 Å². The van der Waals surface area contributed by atoms with Crippen LogP contribution in [0.15, 0.2) is 143 Å². The lowest BCUT2D eigenvalue weighted by Crippen LogP contribution is -2.56. The van der Waals surface area contributed by atoms with Gasteiger partial charge in [0.2, 0.25) is 23.6 Å². The first-order valence-electron chi connectivity index (χ1n) is 43.2. The number of thiazole rings is 2. The average molecular weight is 1850 g/mol. The number of rotatable bonds is 44. The number of aliphatic carboxylic acids is 2. The molecule has 2 aliphatic heterocycles. The Labute approximate surface area is 758 Å². The van der Waals surface area contributed by atoms with Crippen molar-refractivity contribution in [3.05, 3.63) is 133 Å². The lowest BCUT2D eigenvalue weighted by atomic mass is 10.1. The van der Waals surface area contributed by atoms with E-state index in [1.807, 2.05) is 68.8 Å². The minimum Gasteiger partial charge on any atom is -0.497 e. The first-order chi connectivity index (χ1) is 61.4. The standard InChI is InChI=1S/C48H61N7O11S2.C43H53N7O9S2/c1-8-30-26-48(30,44(60)54-68(62,63)40-18-16-15-17-34(40)51-41(56)19-13-11-9-10-12-14-20-42(57)58)53-43(59)38-24-32(27-55(38)46(61)66-47(4,5)6)65-39-25-36(37-28-67-45(52-37)49-29(2)3)50-35-23-31(64-7)21-22-33(35)39;1-5-27-23-43(27,41(55)50-61(56,57)37-15-13-12-14-31(37)47-38(51)16-10-8-6-7-9-11-17-39(52)53)49-40(54)34-21-29(24-44-34)59-36-22-33(35-25-60-42(48-35)45-26(2)3)46-32-20-28(58-4)18-19-30(32)36/h8,15-18,21-23,25,28-30,32,38H,1,9-14,19-20,24,26-27H2,2-7H3,(H,49,52)(H,51,56)(H,53,59)(H,54,60)(H,57,58);5,12-15,18-20,22,25-27,29,34,44H,1,6-11,16-17,21,23-24H2,2-4H3,(H,45,48)(H,47,51)(H,49,54)(H,50,55)(H,52,53)/t30-,32-,38+,48-;27-,29-,34+,43-/m11/s1. The topological polar surface area (TPSA) is 472 Å². The van der Waals surface area contributed by atoms with Crippen LogP contribution in [0.4, 0.5) is 26.4 Å². The maximum atomic E-state index is 14.5. The number of nitrogens with one attached hydrogen (secondary N) is 9. The van der Waals surface area contributed by atoms with E-state index in [1.54, 1.807) is 65.3 Å². The molecule has 2 aliphatic carbocycles. The van der Waals surface area contributed by atoms with E-state index < -0.39 is 120 Å². The van der Waals surface area contributed by atoms with Gasteiger partial charge in [-0.05, 0) is 136 Å². The zero-order chi connectivity index (χ0) is 93.1. The van der Waals surface area contributed by atoms with Crippen molar-refractivity contribution >= 4 is 140 Å². The Hall–Kier alpha value is -11.9. The quantitative estimate of drug-likeness (QED) is 0.0125. The van der Waals surface area contributed by atoms with Gasteiger partial charge < -0.3 is 71.1 Å². The summed E-state index contributed by atoms with van der Waals surface area (Å²) in [6, 6.07) is 24.3. The highest BCUT2D eigenvalue weighted by Gasteiger charge is 2.63. The van der Waals surface area contributed by atoms with Gasteiger partial charge in [-0.3, -0.25) is 43.3 Å². The van der Waals surface area contributed by atoms with E-state index in [4.69, 9.17) is 53.8 Å². The molecule has 8 aromatic rings. The molecule has 0 bridgehead atoms. The van der Waals surface area contributed by atoms with E-state index in [-0.39, 0.29) is 97.1 Å². The van der Waals surface area contributed by atoms with E-state index in [2.05, 4.69) is 59.8 Å². The third kappa shape index (κ3) is 26.2. The molecule has 0 radical (unpaired) electrons. The minimum absolute atomic E-state index is 0.0181. The molecular formula is C91H114N14O20S4. The van der Waals surface area contributed by atoms with Crippen molar-refractivity contribution in [2.75, 3.05) is 48.6 Å². The molecule has 2 saturated carbocycles. The van der Waals surface area contributed by atoms with E-state index in [9.17, 15) is 60.0 Å². The highest BCUT2D eigenvalue weighted by molar-refractivity contribution is 7.90. The highest BCUT2D eigenvalue weighted by Crippen LogP contribution is 2.48.